The van der Waals surface area contributed by atoms with Crippen LogP contribution in [0.25, 0.3) is 0 Å². The van der Waals surface area contributed by atoms with Crippen LogP contribution >= 0.6 is 15.9 Å². The minimum Gasteiger partial charge on any atom is -0.324 e. The minimum absolute atomic E-state index is 0.127. The fraction of sp³-hybridized carbons (Fsp3) is 0.429. The predicted molar refractivity (Wildman–Crippen MR) is 75.2 cm³/mol. The average Bonchev–Trinajstić information content (AvgIpc) is 2.37. The highest BCUT2D eigenvalue weighted by molar-refractivity contribution is 9.10. The number of hydrogen-bond donors (Lipinski definition) is 1. The number of fused-ring (bicyclic) bond motifs is 1. The summed E-state index contributed by atoms with van der Waals surface area (Å²) >= 11 is 3.37. The number of nitrogens with one attached hydrogen (secondary N) is 1. The summed E-state index contributed by atoms with van der Waals surface area (Å²) in [6.07, 6.45) is 3.49. The molecule has 0 saturated heterocycles. The van der Waals surface area contributed by atoms with Crippen molar-refractivity contribution >= 4 is 33.3 Å². The number of halogens is 1. The normalized spacial score (nSPS) is 22.6. The molecule has 0 radical (unpaired) electrons. The molecule has 0 aromatic heterocycles. The summed E-state index contributed by atoms with van der Waals surface area (Å²) in [5.41, 5.74) is 1.20. The van der Waals surface area contributed by atoms with Crippen molar-refractivity contribution < 1.29 is 9.59 Å². The van der Waals surface area contributed by atoms with Crippen molar-refractivity contribution in [2.45, 2.75) is 36.9 Å². The lowest BCUT2D eigenvalue weighted by Gasteiger charge is -2.30. The van der Waals surface area contributed by atoms with E-state index in [-0.39, 0.29) is 11.7 Å². The highest BCUT2D eigenvalue weighted by Gasteiger charge is 2.47. The lowest BCUT2D eigenvalue weighted by Crippen LogP contribution is -2.48. The Morgan fingerprint density at radius 3 is 2.67 bits per heavy atom. The van der Waals surface area contributed by atoms with E-state index in [0.29, 0.717) is 17.7 Å². The number of rotatable bonds is 4. The van der Waals surface area contributed by atoms with Gasteiger partial charge in [0.15, 0.2) is 10.1 Å². The van der Waals surface area contributed by atoms with E-state index < -0.39 is 4.32 Å². The van der Waals surface area contributed by atoms with Gasteiger partial charge < -0.3 is 5.32 Å². The predicted octanol–water partition coefficient (Wildman–Crippen LogP) is 3.54. The number of amides is 1. The van der Waals surface area contributed by atoms with Crippen molar-refractivity contribution in [1.29, 1.82) is 0 Å². The molecule has 0 spiro atoms. The number of hydrogen-bond acceptors (Lipinski definition) is 2. The molecule has 1 N–H and O–H groups in total. The molecule has 3 nitrogen and oxygen atoms in total. The molecule has 1 aliphatic rings. The van der Waals surface area contributed by atoms with E-state index in [1.165, 1.54) is 0 Å². The molecule has 0 fully saturated rings. The molecular formula is C14H16BrNO2. The molecule has 1 aromatic rings. The number of carbonyl (C=O) groups excluding carboxylic acids is 2. The van der Waals surface area contributed by atoms with Crippen molar-refractivity contribution in [3.8, 4) is 0 Å². The fourth-order valence-electron chi connectivity index (χ4n) is 2.17. The number of anilines is 1. The van der Waals surface area contributed by atoms with Gasteiger partial charge in [0.05, 0.1) is 5.69 Å². The Kier molecular flexibility index (Phi) is 3.85. The Morgan fingerprint density at radius 1 is 1.22 bits per heavy atom. The van der Waals surface area contributed by atoms with Crippen molar-refractivity contribution in [2.75, 3.05) is 5.32 Å². The quantitative estimate of drug-likeness (QED) is 0.525. The van der Waals surface area contributed by atoms with E-state index in [0.717, 1.165) is 19.3 Å². The largest absolute Gasteiger partial charge is 0.324 e. The molecule has 0 bridgehead atoms. The molecular weight excluding hydrogens is 294 g/mol. The lowest BCUT2D eigenvalue weighted by molar-refractivity contribution is -0.117. The van der Waals surface area contributed by atoms with Crippen molar-refractivity contribution in [2.24, 2.45) is 0 Å². The zero-order chi connectivity index (χ0) is 13.2. The molecule has 1 heterocycles. The van der Waals surface area contributed by atoms with E-state index in [4.69, 9.17) is 0 Å². The highest BCUT2D eigenvalue weighted by Crippen LogP contribution is 2.37. The van der Waals surface area contributed by atoms with Gasteiger partial charge in [-0.1, -0.05) is 54.2 Å². The number of ketones is 1. The van der Waals surface area contributed by atoms with Gasteiger partial charge in [0.1, 0.15) is 0 Å². The molecule has 0 unspecified atom stereocenters. The lowest BCUT2D eigenvalue weighted by atomic mass is 9.87. The van der Waals surface area contributed by atoms with Crippen molar-refractivity contribution in [3.05, 3.63) is 29.8 Å². The van der Waals surface area contributed by atoms with Crippen LogP contribution in [-0.4, -0.2) is 16.0 Å². The molecule has 1 amide bonds. The third-order valence-corrected chi connectivity index (χ3v) is 4.38. The van der Waals surface area contributed by atoms with Gasteiger partial charge in [-0.05, 0) is 18.6 Å². The smallest absolute Gasteiger partial charge is 0.249 e. The number of alkyl halides is 1. The molecule has 0 aliphatic carbocycles. The molecule has 1 aliphatic heterocycles. The SMILES string of the molecule is CCCCC[C@@]1(Br)C(=O)Nc2ccccc2C1=O. The first-order chi connectivity index (χ1) is 8.59. The van der Waals surface area contributed by atoms with Gasteiger partial charge in [-0.15, -0.1) is 0 Å². The van der Waals surface area contributed by atoms with Gasteiger partial charge in [0.25, 0.3) is 0 Å². The van der Waals surface area contributed by atoms with E-state index in [2.05, 4.69) is 28.2 Å². The summed E-state index contributed by atoms with van der Waals surface area (Å²) < 4.78 is -1.09. The number of carbonyl (C=O) groups is 2. The van der Waals surface area contributed by atoms with Gasteiger partial charge >= 0.3 is 0 Å². The maximum absolute atomic E-state index is 12.4. The topological polar surface area (TPSA) is 46.2 Å². The van der Waals surface area contributed by atoms with Crippen molar-refractivity contribution in [1.82, 2.24) is 0 Å². The van der Waals surface area contributed by atoms with Crippen molar-refractivity contribution in [3.63, 3.8) is 0 Å². The molecule has 18 heavy (non-hydrogen) atoms. The highest BCUT2D eigenvalue weighted by atomic mass is 79.9. The van der Waals surface area contributed by atoms with Gasteiger partial charge in [0.2, 0.25) is 5.91 Å². The first kappa shape index (κ1) is 13.3. The summed E-state index contributed by atoms with van der Waals surface area (Å²) in [5, 5.41) is 2.80. The Labute approximate surface area is 115 Å². The van der Waals surface area contributed by atoms with Gasteiger partial charge in [0, 0.05) is 5.56 Å². The number of para-hydroxylation sites is 1. The molecule has 2 rings (SSSR count). The van der Waals surface area contributed by atoms with Crippen LogP contribution in [-0.2, 0) is 4.79 Å². The van der Waals surface area contributed by atoms with Gasteiger partial charge in [-0.2, -0.15) is 0 Å². The van der Waals surface area contributed by atoms with E-state index in [1.54, 1.807) is 12.1 Å². The summed E-state index contributed by atoms with van der Waals surface area (Å²) in [6, 6.07) is 7.13. The van der Waals surface area contributed by atoms with E-state index in [1.807, 2.05) is 12.1 Å². The number of benzene rings is 1. The van der Waals surface area contributed by atoms with Crippen LogP contribution in [0.15, 0.2) is 24.3 Å². The van der Waals surface area contributed by atoms with E-state index >= 15 is 0 Å². The third-order valence-electron chi connectivity index (χ3n) is 3.26. The van der Waals surface area contributed by atoms with Crippen LogP contribution < -0.4 is 5.32 Å². The summed E-state index contributed by atoms with van der Waals surface area (Å²) in [7, 11) is 0. The summed E-state index contributed by atoms with van der Waals surface area (Å²) in [6.45, 7) is 2.10. The second-order valence-electron chi connectivity index (χ2n) is 4.59. The molecule has 96 valence electrons. The number of Topliss-reactive ketones (excluding diaryl/α,β-unsaturated/α-hetero) is 1. The molecule has 1 aromatic carbocycles. The second kappa shape index (κ2) is 5.22. The average molecular weight is 310 g/mol. The fourth-order valence-corrected chi connectivity index (χ4v) is 2.77. The Morgan fingerprint density at radius 2 is 1.94 bits per heavy atom. The zero-order valence-electron chi connectivity index (χ0n) is 10.3. The molecule has 1 atom stereocenters. The van der Waals surface area contributed by atoms with E-state index in [9.17, 15) is 9.59 Å². The first-order valence-electron chi connectivity index (χ1n) is 6.24. The maximum atomic E-state index is 12.4. The zero-order valence-corrected chi connectivity index (χ0v) is 11.9. The maximum Gasteiger partial charge on any atom is 0.249 e. The number of unbranched alkanes of at least 4 members (excludes halogenated alkanes) is 2. The summed E-state index contributed by atoms with van der Waals surface area (Å²) in [5.74, 6) is -0.375. The third kappa shape index (κ3) is 2.21. The minimum atomic E-state index is -1.09. The van der Waals surface area contributed by atoms with Crippen LogP contribution in [0.1, 0.15) is 43.0 Å². The Balaban J connectivity index is 2.28. The van der Waals surface area contributed by atoms with Crippen LogP contribution in [0.2, 0.25) is 0 Å². The first-order valence-corrected chi connectivity index (χ1v) is 7.03. The second-order valence-corrected chi connectivity index (χ2v) is 5.94. The van der Waals surface area contributed by atoms with Gasteiger partial charge in [-0.25, -0.2) is 0 Å². The van der Waals surface area contributed by atoms with Crippen LogP contribution in [0.5, 0.6) is 0 Å². The summed E-state index contributed by atoms with van der Waals surface area (Å²) in [4.78, 5) is 24.5. The van der Waals surface area contributed by atoms with Crippen LogP contribution in [0.3, 0.4) is 0 Å². The van der Waals surface area contributed by atoms with Gasteiger partial charge in [-0.3, -0.25) is 9.59 Å². The Bertz CT molecular complexity index is 486. The Hall–Kier alpha value is -1.16. The molecule has 0 saturated carbocycles. The van der Waals surface area contributed by atoms with Crippen LogP contribution in [0, 0.1) is 0 Å². The standard InChI is InChI=1S/C14H16BrNO2/c1-2-3-6-9-14(15)12(17)10-7-4-5-8-11(10)16-13(14)18/h4-5,7-8H,2-3,6,9H2,1H3,(H,16,18)/t14-/m0/s1. The monoisotopic (exact) mass is 309 g/mol. The molecule has 4 heteroatoms. The van der Waals surface area contributed by atoms with Crippen LogP contribution in [0.4, 0.5) is 5.69 Å².